The van der Waals surface area contributed by atoms with Crippen LogP contribution >= 0.6 is 11.6 Å². The van der Waals surface area contributed by atoms with Gasteiger partial charge in [-0.25, -0.2) is 4.79 Å². The van der Waals surface area contributed by atoms with Crippen LogP contribution in [0, 0.1) is 0 Å². The van der Waals surface area contributed by atoms with E-state index in [1.807, 2.05) is 0 Å². The van der Waals surface area contributed by atoms with Gasteiger partial charge in [-0.1, -0.05) is 12.1 Å². The van der Waals surface area contributed by atoms with Gasteiger partial charge in [-0.15, -0.1) is 0 Å². The predicted octanol–water partition coefficient (Wildman–Crippen LogP) is 5.31. The molecule has 2 aromatic rings. The molecule has 0 saturated heterocycles. The molecule has 1 aromatic carbocycles. The van der Waals surface area contributed by atoms with Crippen molar-refractivity contribution in [3.05, 3.63) is 47.0 Å². The Morgan fingerprint density at radius 2 is 1.94 bits per heavy atom. The smallest absolute Gasteiger partial charge is 0.416 e. The molecule has 1 aliphatic rings. The summed E-state index contributed by atoms with van der Waals surface area (Å²) in [6.07, 6.45) is -2.63. The van der Waals surface area contributed by atoms with Crippen LogP contribution in [0.1, 0.15) is 38.6 Å². The first-order chi connectivity index (χ1) is 14.4. The SMILES string of the molecule is CC(C)(C)OC(=O)N1CC=C(c2nc(Cl)nc(Nc3cccc(C(F)(F)F)c3)n2)CC1. The highest BCUT2D eigenvalue weighted by Gasteiger charge is 2.30. The normalized spacial score (nSPS) is 14.8. The summed E-state index contributed by atoms with van der Waals surface area (Å²) < 4.78 is 44.1. The minimum atomic E-state index is -4.47. The van der Waals surface area contributed by atoms with E-state index in [2.05, 4.69) is 20.3 Å². The molecule has 31 heavy (non-hydrogen) atoms. The number of hydrogen-bond acceptors (Lipinski definition) is 6. The third-order valence-electron chi connectivity index (χ3n) is 4.20. The molecule has 0 fully saturated rings. The quantitative estimate of drug-likeness (QED) is 0.675. The molecule has 3 rings (SSSR count). The van der Waals surface area contributed by atoms with E-state index in [1.54, 1.807) is 31.7 Å². The minimum absolute atomic E-state index is 0.0183. The zero-order chi connectivity index (χ0) is 22.8. The van der Waals surface area contributed by atoms with Gasteiger partial charge in [0.25, 0.3) is 0 Å². The van der Waals surface area contributed by atoms with Crippen LogP contribution in [0.2, 0.25) is 5.28 Å². The summed E-state index contributed by atoms with van der Waals surface area (Å²) >= 11 is 6.00. The fraction of sp³-hybridized carbons (Fsp3) is 0.400. The summed E-state index contributed by atoms with van der Waals surface area (Å²) in [5, 5.41) is 2.63. The van der Waals surface area contributed by atoms with Crippen molar-refractivity contribution < 1.29 is 22.7 Å². The number of carbonyl (C=O) groups excluding carboxylic acids is 1. The number of aromatic nitrogens is 3. The number of carbonyl (C=O) groups is 1. The van der Waals surface area contributed by atoms with Crippen LogP contribution in [0.25, 0.3) is 5.57 Å². The van der Waals surface area contributed by atoms with Crippen molar-refractivity contribution in [1.82, 2.24) is 19.9 Å². The number of nitrogens with zero attached hydrogens (tertiary/aromatic N) is 4. The van der Waals surface area contributed by atoms with Crippen molar-refractivity contribution in [2.45, 2.75) is 39.0 Å². The second-order valence-corrected chi connectivity index (χ2v) is 8.20. The molecular weight excluding hydrogens is 435 g/mol. The lowest BCUT2D eigenvalue weighted by Crippen LogP contribution is -2.39. The number of benzene rings is 1. The van der Waals surface area contributed by atoms with Gasteiger partial charge in [0.1, 0.15) is 5.60 Å². The van der Waals surface area contributed by atoms with Crippen LogP contribution in [0.5, 0.6) is 0 Å². The maximum absolute atomic E-state index is 12.9. The molecule has 2 heterocycles. The lowest BCUT2D eigenvalue weighted by Gasteiger charge is -2.29. The summed E-state index contributed by atoms with van der Waals surface area (Å²) in [5.41, 5.74) is -0.477. The molecule has 1 N–H and O–H groups in total. The average Bonchev–Trinajstić information content (AvgIpc) is 2.66. The largest absolute Gasteiger partial charge is 0.444 e. The second-order valence-electron chi connectivity index (χ2n) is 7.86. The summed E-state index contributed by atoms with van der Waals surface area (Å²) in [4.78, 5) is 26.1. The minimum Gasteiger partial charge on any atom is -0.444 e. The Balaban J connectivity index is 1.76. The Morgan fingerprint density at radius 1 is 1.19 bits per heavy atom. The Morgan fingerprint density at radius 3 is 2.55 bits per heavy atom. The highest BCUT2D eigenvalue weighted by Crippen LogP contribution is 2.31. The summed E-state index contributed by atoms with van der Waals surface area (Å²) in [6.45, 7) is 6.09. The molecule has 1 aromatic heterocycles. The number of rotatable bonds is 3. The van der Waals surface area contributed by atoms with E-state index in [0.717, 1.165) is 17.7 Å². The number of hydrogen-bond donors (Lipinski definition) is 1. The zero-order valence-corrected chi connectivity index (χ0v) is 17.9. The molecule has 0 atom stereocenters. The zero-order valence-electron chi connectivity index (χ0n) is 17.1. The van der Waals surface area contributed by atoms with E-state index in [1.165, 1.54) is 12.1 Å². The van der Waals surface area contributed by atoms with Crippen LogP contribution in [-0.2, 0) is 10.9 Å². The number of halogens is 4. The topological polar surface area (TPSA) is 80.2 Å². The summed E-state index contributed by atoms with van der Waals surface area (Å²) in [7, 11) is 0. The first-order valence-electron chi connectivity index (χ1n) is 9.44. The molecule has 1 amide bonds. The van der Waals surface area contributed by atoms with E-state index in [9.17, 15) is 18.0 Å². The van der Waals surface area contributed by atoms with Gasteiger partial charge < -0.3 is 15.0 Å². The standard InChI is InChI=1S/C20H21ClF3N5O2/c1-19(2,3)31-18(30)29-9-7-12(8-10-29)15-26-16(21)28-17(27-15)25-14-6-4-5-13(11-14)20(22,23)24/h4-7,11H,8-10H2,1-3H3,(H,25,26,27,28). The third kappa shape index (κ3) is 6.30. The van der Waals surface area contributed by atoms with Crippen molar-refractivity contribution in [3.8, 4) is 0 Å². The lowest BCUT2D eigenvalue weighted by molar-refractivity contribution is -0.137. The van der Waals surface area contributed by atoms with Gasteiger partial charge in [-0.3, -0.25) is 0 Å². The molecule has 0 unspecified atom stereocenters. The Labute approximate surface area is 182 Å². The van der Waals surface area contributed by atoms with E-state index < -0.39 is 23.4 Å². The maximum atomic E-state index is 12.9. The predicted molar refractivity (Wildman–Crippen MR) is 110 cm³/mol. The maximum Gasteiger partial charge on any atom is 0.416 e. The molecule has 0 bridgehead atoms. The number of amides is 1. The number of anilines is 2. The van der Waals surface area contributed by atoms with Gasteiger partial charge in [0.2, 0.25) is 11.2 Å². The van der Waals surface area contributed by atoms with Gasteiger partial charge in [0.15, 0.2) is 5.82 Å². The van der Waals surface area contributed by atoms with Crippen molar-refractivity contribution in [2.75, 3.05) is 18.4 Å². The van der Waals surface area contributed by atoms with E-state index in [-0.39, 0.29) is 16.9 Å². The van der Waals surface area contributed by atoms with Crippen molar-refractivity contribution in [3.63, 3.8) is 0 Å². The van der Waals surface area contributed by atoms with Crippen LogP contribution in [0.3, 0.4) is 0 Å². The van der Waals surface area contributed by atoms with Crippen LogP contribution in [0.15, 0.2) is 30.3 Å². The van der Waals surface area contributed by atoms with Crippen LogP contribution in [-0.4, -0.2) is 44.6 Å². The van der Waals surface area contributed by atoms with Gasteiger partial charge in [-0.2, -0.15) is 28.1 Å². The molecule has 0 saturated carbocycles. The van der Waals surface area contributed by atoms with E-state index >= 15 is 0 Å². The Hall–Kier alpha value is -2.88. The highest BCUT2D eigenvalue weighted by atomic mass is 35.5. The average molecular weight is 456 g/mol. The number of ether oxygens (including phenoxy) is 1. The molecule has 11 heteroatoms. The van der Waals surface area contributed by atoms with Crippen LogP contribution in [0.4, 0.5) is 29.6 Å². The summed E-state index contributed by atoms with van der Waals surface area (Å²) in [6, 6.07) is 4.67. The van der Waals surface area contributed by atoms with Gasteiger partial charge in [0.05, 0.1) is 5.56 Å². The molecular formula is C20H21ClF3N5O2. The number of nitrogens with one attached hydrogen (secondary N) is 1. The third-order valence-corrected chi connectivity index (χ3v) is 4.37. The molecule has 0 radical (unpaired) electrons. The fourth-order valence-electron chi connectivity index (χ4n) is 2.82. The highest BCUT2D eigenvalue weighted by molar-refractivity contribution is 6.28. The van der Waals surface area contributed by atoms with Crippen molar-refractivity contribution in [1.29, 1.82) is 0 Å². The first-order valence-corrected chi connectivity index (χ1v) is 9.82. The fourth-order valence-corrected chi connectivity index (χ4v) is 2.98. The second kappa shape index (κ2) is 8.70. The Kier molecular flexibility index (Phi) is 6.40. The molecule has 0 aliphatic carbocycles. The van der Waals surface area contributed by atoms with E-state index in [4.69, 9.17) is 16.3 Å². The summed E-state index contributed by atoms with van der Waals surface area (Å²) in [5.74, 6) is 0.308. The van der Waals surface area contributed by atoms with Gasteiger partial charge >= 0.3 is 12.3 Å². The molecule has 7 nitrogen and oxygen atoms in total. The van der Waals surface area contributed by atoms with E-state index in [0.29, 0.717) is 25.3 Å². The Bertz CT molecular complexity index is 1010. The van der Waals surface area contributed by atoms with Crippen molar-refractivity contribution >= 4 is 34.9 Å². The molecule has 166 valence electrons. The number of alkyl halides is 3. The van der Waals surface area contributed by atoms with Gasteiger partial charge in [-0.05, 0) is 62.6 Å². The molecule has 0 spiro atoms. The van der Waals surface area contributed by atoms with Crippen molar-refractivity contribution in [2.24, 2.45) is 0 Å². The monoisotopic (exact) mass is 455 g/mol. The molecule has 1 aliphatic heterocycles. The lowest BCUT2D eigenvalue weighted by atomic mass is 10.1. The van der Waals surface area contributed by atoms with Crippen LogP contribution < -0.4 is 5.32 Å². The van der Waals surface area contributed by atoms with Gasteiger partial charge in [0, 0.05) is 18.8 Å². The first kappa shape index (κ1) is 22.8.